The number of carbonyl (C=O) groups excluding carboxylic acids is 1. The zero-order chi connectivity index (χ0) is 18.9. The lowest BCUT2D eigenvalue weighted by molar-refractivity contribution is 0.0950. The van der Waals surface area contributed by atoms with E-state index in [4.69, 9.17) is 4.74 Å². The molecular formula is C21H22N4O2. The first-order valence-electron chi connectivity index (χ1n) is 8.94. The van der Waals surface area contributed by atoms with Crippen molar-refractivity contribution in [1.29, 1.82) is 0 Å². The Balaban J connectivity index is 1.68. The first-order chi connectivity index (χ1) is 13.3. The Morgan fingerprint density at radius 2 is 1.96 bits per heavy atom. The van der Waals surface area contributed by atoms with Gasteiger partial charge in [0.1, 0.15) is 11.4 Å². The van der Waals surface area contributed by atoms with Gasteiger partial charge in [-0.05, 0) is 30.2 Å². The molecule has 0 atom stereocenters. The number of unbranched alkanes of at least 4 members (excludes halogenated alkanes) is 1. The summed E-state index contributed by atoms with van der Waals surface area (Å²) in [7, 11) is 0. The molecule has 6 nitrogen and oxygen atoms in total. The summed E-state index contributed by atoms with van der Waals surface area (Å²) in [4.78, 5) is 12.2. The van der Waals surface area contributed by atoms with E-state index in [1.54, 1.807) is 12.3 Å². The third-order valence-corrected chi connectivity index (χ3v) is 3.92. The van der Waals surface area contributed by atoms with Gasteiger partial charge in [0, 0.05) is 5.56 Å². The van der Waals surface area contributed by atoms with Crippen LogP contribution in [0.15, 0.2) is 65.8 Å². The highest BCUT2D eigenvalue weighted by Gasteiger charge is 2.13. The molecule has 0 unspecified atom stereocenters. The number of H-pyrrole nitrogens is 1. The molecule has 0 aliphatic rings. The van der Waals surface area contributed by atoms with Gasteiger partial charge in [-0.25, -0.2) is 5.43 Å². The van der Waals surface area contributed by atoms with Crippen LogP contribution in [0.2, 0.25) is 0 Å². The third-order valence-electron chi connectivity index (χ3n) is 3.92. The standard InChI is InChI=1S/C21H22N4O2/c1-2-3-13-27-20-12-8-7-11-17(20)18-14-19(24-23-18)21(26)25-22-15-16-9-5-4-6-10-16/h4-12,14-15H,2-3,13H2,1H3,(H,23,24)(H,25,26). The van der Waals surface area contributed by atoms with E-state index in [0.29, 0.717) is 18.0 Å². The average molecular weight is 362 g/mol. The van der Waals surface area contributed by atoms with Crippen LogP contribution in [0.1, 0.15) is 35.8 Å². The SMILES string of the molecule is CCCCOc1ccccc1-c1cc(C(=O)NN=Cc2ccccc2)[nH]n1. The second kappa shape index (κ2) is 9.33. The smallest absolute Gasteiger partial charge is 0.289 e. The van der Waals surface area contributed by atoms with Crippen LogP contribution < -0.4 is 10.2 Å². The fourth-order valence-corrected chi connectivity index (χ4v) is 2.47. The number of aromatic amines is 1. The summed E-state index contributed by atoms with van der Waals surface area (Å²) in [6.45, 7) is 2.77. The number of hydrogen-bond acceptors (Lipinski definition) is 4. The van der Waals surface area contributed by atoms with Crippen LogP contribution in [0.4, 0.5) is 0 Å². The quantitative estimate of drug-likeness (QED) is 0.361. The number of aromatic nitrogens is 2. The highest BCUT2D eigenvalue weighted by Crippen LogP contribution is 2.28. The van der Waals surface area contributed by atoms with Gasteiger partial charge in [0.15, 0.2) is 0 Å². The van der Waals surface area contributed by atoms with E-state index in [2.05, 4.69) is 27.6 Å². The van der Waals surface area contributed by atoms with Gasteiger partial charge in [0.05, 0.1) is 18.5 Å². The molecule has 3 rings (SSSR count). The Morgan fingerprint density at radius 1 is 1.19 bits per heavy atom. The van der Waals surface area contributed by atoms with Crippen molar-refractivity contribution >= 4 is 12.1 Å². The molecule has 1 aromatic heterocycles. The number of ether oxygens (including phenoxy) is 1. The molecule has 27 heavy (non-hydrogen) atoms. The van der Waals surface area contributed by atoms with Crippen LogP contribution in [0.5, 0.6) is 5.75 Å². The Hall–Kier alpha value is -3.41. The Morgan fingerprint density at radius 3 is 2.78 bits per heavy atom. The minimum absolute atomic E-state index is 0.332. The number of rotatable bonds is 8. The zero-order valence-corrected chi connectivity index (χ0v) is 15.2. The van der Waals surface area contributed by atoms with E-state index in [1.807, 2.05) is 54.6 Å². The minimum atomic E-state index is -0.356. The van der Waals surface area contributed by atoms with Gasteiger partial charge in [-0.3, -0.25) is 9.89 Å². The Labute approximate surface area is 158 Å². The molecular weight excluding hydrogens is 340 g/mol. The summed E-state index contributed by atoms with van der Waals surface area (Å²) < 4.78 is 5.84. The highest BCUT2D eigenvalue weighted by atomic mass is 16.5. The molecule has 2 N–H and O–H groups in total. The maximum Gasteiger partial charge on any atom is 0.289 e. The largest absolute Gasteiger partial charge is 0.493 e. The first-order valence-corrected chi connectivity index (χ1v) is 8.94. The van der Waals surface area contributed by atoms with Gasteiger partial charge in [-0.15, -0.1) is 0 Å². The topological polar surface area (TPSA) is 79.4 Å². The van der Waals surface area contributed by atoms with E-state index in [0.717, 1.165) is 29.7 Å². The van der Waals surface area contributed by atoms with Gasteiger partial charge in [-0.2, -0.15) is 10.2 Å². The normalized spacial score (nSPS) is 10.9. The van der Waals surface area contributed by atoms with Gasteiger partial charge in [0.25, 0.3) is 5.91 Å². The van der Waals surface area contributed by atoms with Crippen LogP contribution in [0, 0.1) is 0 Å². The third kappa shape index (κ3) is 5.04. The summed E-state index contributed by atoms with van der Waals surface area (Å²) in [5.74, 6) is 0.400. The van der Waals surface area contributed by atoms with Crippen LogP contribution in [-0.2, 0) is 0 Å². The Bertz CT molecular complexity index is 903. The van der Waals surface area contributed by atoms with Gasteiger partial charge in [-0.1, -0.05) is 55.8 Å². The monoisotopic (exact) mass is 362 g/mol. The first kappa shape index (κ1) is 18.4. The second-order valence-electron chi connectivity index (χ2n) is 5.97. The van der Waals surface area contributed by atoms with Crippen LogP contribution in [-0.4, -0.2) is 28.9 Å². The molecule has 0 saturated heterocycles. The van der Waals surface area contributed by atoms with Crippen molar-refractivity contribution in [1.82, 2.24) is 15.6 Å². The van der Waals surface area contributed by atoms with E-state index < -0.39 is 0 Å². The molecule has 0 saturated carbocycles. The summed E-state index contributed by atoms with van der Waals surface area (Å²) in [5, 5.41) is 11.0. The lowest BCUT2D eigenvalue weighted by Crippen LogP contribution is -2.17. The lowest BCUT2D eigenvalue weighted by Gasteiger charge is -2.09. The van der Waals surface area contributed by atoms with Crippen LogP contribution in [0.25, 0.3) is 11.3 Å². The molecule has 0 radical (unpaired) electrons. The molecule has 0 fully saturated rings. The zero-order valence-electron chi connectivity index (χ0n) is 15.2. The fourth-order valence-electron chi connectivity index (χ4n) is 2.47. The summed E-state index contributed by atoms with van der Waals surface area (Å²) in [5.41, 5.74) is 5.23. The number of hydrazone groups is 1. The fraction of sp³-hybridized carbons (Fsp3) is 0.190. The minimum Gasteiger partial charge on any atom is -0.493 e. The van der Waals surface area contributed by atoms with Crippen LogP contribution >= 0.6 is 0 Å². The molecule has 0 spiro atoms. The maximum atomic E-state index is 12.2. The second-order valence-corrected chi connectivity index (χ2v) is 5.97. The van der Waals surface area contributed by atoms with E-state index in [1.165, 1.54) is 0 Å². The number of amides is 1. The van der Waals surface area contributed by atoms with Gasteiger partial charge in [0.2, 0.25) is 0 Å². The number of benzene rings is 2. The van der Waals surface area contributed by atoms with E-state index in [-0.39, 0.29) is 5.91 Å². The van der Waals surface area contributed by atoms with Crippen LogP contribution in [0.3, 0.4) is 0 Å². The van der Waals surface area contributed by atoms with Gasteiger partial charge >= 0.3 is 0 Å². The number of hydrogen-bond donors (Lipinski definition) is 2. The summed E-state index contributed by atoms with van der Waals surface area (Å²) in [6.07, 6.45) is 3.65. The van der Waals surface area contributed by atoms with Gasteiger partial charge < -0.3 is 4.74 Å². The van der Waals surface area contributed by atoms with Crippen molar-refractivity contribution < 1.29 is 9.53 Å². The molecule has 138 valence electrons. The average Bonchev–Trinajstić information content (AvgIpc) is 3.19. The van der Waals surface area contributed by atoms with Crippen molar-refractivity contribution in [3.63, 3.8) is 0 Å². The molecule has 0 aliphatic heterocycles. The Kier molecular flexibility index (Phi) is 6.35. The number of carbonyl (C=O) groups is 1. The van der Waals surface area contributed by atoms with Crippen molar-refractivity contribution in [2.24, 2.45) is 5.10 Å². The highest BCUT2D eigenvalue weighted by molar-refractivity contribution is 5.94. The van der Waals surface area contributed by atoms with Crippen molar-refractivity contribution in [2.45, 2.75) is 19.8 Å². The van der Waals surface area contributed by atoms with E-state index in [9.17, 15) is 4.79 Å². The predicted octanol–water partition coefficient (Wildman–Crippen LogP) is 4.02. The molecule has 2 aromatic carbocycles. The van der Waals surface area contributed by atoms with E-state index >= 15 is 0 Å². The molecule has 1 amide bonds. The summed E-state index contributed by atoms with van der Waals surface area (Å²) >= 11 is 0. The number of para-hydroxylation sites is 1. The molecule has 0 aliphatic carbocycles. The summed E-state index contributed by atoms with van der Waals surface area (Å²) in [6, 6.07) is 18.9. The molecule has 6 heteroatoms. The number of nitrogens with zero attached hydrogens (tertiary/aromatic N) is 2. The maximum absolute atomic E-state index is 12.2. The molecule has 1 heterocycles. The van der Waals surface area contributed by atoms with Crippen molar-refractivity contribution in [3.8, 4) is 17.0 Å². The molecule has 0 bridgehead atoms. The van der Waals surface area contributed by atoms with Crippen molar-refractivity contribution in [3.05, 3.63) is 71.9 Å². The van der Waals surface area contributed by atoms with Crippen molar-refractivity contribution in [2.75, 3.05) is 6.61 Å². The number of nitrogens with one attached hydrogen (secondary N) is 2. The predicted molar refractivity (Wildman–Crippen MR) is 106 cm³/mol. The lowest BCUT2D eigenvalue weighted by atomic mass is 10.1. The molecule has 3 aromatic rings.